The Hall–Kier alpha value is -1.55. The maximum absolute atomic E-state index is 6.13. The van der Waals surface area contributed by atoms with Crippen LogP contribution in [0, 0.1) is 5.92 Å². The van der Waals surface area contributed by atoms with Crippen molar-refractivity contribution in [1.29, 1.82) is 0 Å². The molecule has 1 saturated carbocycles. The number of hydrogen-bond donors (Lipinski definition) is 2. The number of likely N-dealkylation sites (N-methyl/N-ethyl adjacent to an activating group) is 1. The van der Waals surface area contributed by atoms with Crippen LogP contribution in [0.15, 0.2) is 23.2 Å². The highest BCUT2D eigenvalue weighted by Crippen LogP contribution is 2.34. The van der Waals surface area contributed by atoms with Crippen LogP contribution in [0.3, 0.4) is 0 Å². The molecule has 0 spiro atoms. The first kappa shape index (κ1) is 15.3. The van der Waals surface area contributed by atoms with Gasteiger partial charge in [0.2, 0.25) is 0 Å². The number of hydrogen-bond acceptors (Lipinski definition) is 2. The molecule has 120 valence electrons. The second kappa shape index (κ2) is 6.69. The van der Waals surface area contributed by atoms with Crippen molar-refractivity contribution in [3.63, 3.8) is 0 Å². The van der Waals surface area contributed by atoms with Crippen molar-refractivity contribution >= 4 is 11.6 Å². The number of aliphatic imine (C=N–C) groups is 1. The molecular weight excluding hydrogens is 272 g/mol. The van der Waals surface area contributed by atoms with Crippen LogP contribution in [0.5, 0.6) is 0 Å². The van der Waals surface area contributed by atoms with Crippen molar-refractivity contribution in [2.24, 2.45) is 16.6 Å². The lowest BCUT2D eigenvalue weighted by atomic mass is 9.90. The third-order valence-corrected chi connectivity index (χ3v) is 4.94. The smallest absolute Gasteiger partial charge is 0.193 e. The van der Waals surface area contributed by atoms with E-state index in [9.17, 15) is 0 Å². The van der Waals surface area contributed by atoms with Gasteiger partial charge in [0.15, 0.2) is 5.96 Å². The highest BCUT2D eigenvalue weighted by atomic mass is 15.2. The summed E-state index contributed by atoms with van der Waals surface area (Å²) in [6, 6.07) is 7.00. The fourth-order valence-corrected chi connectivity index (χ4v) is 3.48. The molecule has 0 amide bonds. The molecule has 0 saturated heterocycles. The minimum atomic E-state index is 0.519. The summed E-state index contributed by atoms with van der Waals surface area (Å²) in [6.45, 7) is 0.783. The van der Waals surface area contributed by atoms with Gasteiger partial charge in [0.05, 0.1) is 6.54 Å². The third kappa shape index (κ3) is 3.61. The summed E-state index contributed by atoms with van der Waals surface area (Å²) in [4.78, 5) is 6.87. The standard InChI is InChI=1S/C18H28N4/c1-22(2)17(14-10-11-14)12-20-18(19)21-16-9-5-7-13-6-3-4-8-15(13)16/h5,7,9,14,17H,3-4,6,8,10-12H2,1-2H3,(H3,19,20,21). The first-order valence-corrected chi connectivity index (χ1v) is 8.49. The van der Waals surface area contributed by atoms with Crippen LogP contribution in [0.1, 0.15) is 36.8 Å². The van der Waals surface area contributed by atoms with Crippen molar-refractivity contribution in [2.45, 2.75) is 44.6 Å². The summed E-state index contributed by atoms with van der Waals surface area (Å²) in [5.41, 5.74) is 10.2. The predicted molar refractivity (Wildman–Crippen MR) is 93.4 cm³/mol. The van der Waals surface area contributed by atoms with Crippen LogP contribution in [-0.4, -0.2) is 37.5 Å². The number of nitrogens with zero attached hydrogens (tertiary/aromatic N) is 2. The van der Waals surface area contributed by atoms with E-state index < -0.39 is 0 Å². The molecule has 2 aliphatic rings. The molecule has 1 unspecified atom stereocenters. The minimum Gasteiger partial charge on any atom is -0.370 e. The number of fused-ring (bicyclic) bond motifs is 1. The van der Waals surface area contributed by atoms with E-state index in [4.69, 9.17) is 5.73 Å². The molecule has 1 aromatic carbocycles. The Morgan fingerprint density at radius 3 is 2.82 bits per heavy atom. The summed E-state index contributed by atoms with van der Waals surface area (Å²) in [5, 5.41) is 3.33. The van der Waals surface area contributed by atoms with E-state index in [1.165, 1.54) is 43.2 Å². The van der Waals surface area contributed by atoms with E-state index in [1.54, 1.807) is 0 Å². The van der Waals surface area contributed by atoms with Crippen molar-refractivity contribution < 1.29 is 0 Å². The lowest BCUT2D eigenvalue weighted by Crippen LogP contribution is -2.34. The van der Waals surface area contributed by atoms with Gasteiger partial charge in [-0.15, -0.1) is 0 Å². The highest BCUT2D eigenvalue weighted by Gasteiger charge is 2.32. The molecule has 0 bridgehead atoms. The summed E-state index contributed by atoms with van der Waals surface area (Å²) in [5.74, 6) is 1.35. The van der Waals surface area contributed by atoms with Crippen molar-refractivity contribution in [1.82, 2.24) is 4.90 Å². The third-order valence-electron chi connectivity index (χ3n) is 4.94. The van der Waals surface area contributed by atoms with Gasteiger partial charge in [-0.05, 0) is 75.7 Å². The van der Waals surface area contributed by atoms with E-state index in [0.717, 1.165) is 24.6 Å². The molecule has 3 rings (SSSR count). The fraction of sp³-hybridized carbons (Fsp3) is 0.611. The maximum atomic E-state index is 6.13. The Morgan fingerprint density at radius 1 is 1.32 bits per heavy atom. The van der Waals surface area contributed by atoms with E-state index in [2.05, 4.69) is 47.5 Å². The van der Waals surface area contributed by atoms with Gasteiger partial charge in [-0.1, -0.05) is 12.1 Å². The van der Waals surface area contributed by atoms with Gasteiger partial charge in [0, 0.05) is 11.7 Å². The molecule has 22 heavy (non-hydrogen) atoms. The van der Waals surface area contributed by atoms with Gasteiger partial charge in [0.25, 0.3) is 0 Å². The Labute approximate surface area is 133 Å². The number of nitrogens with one attached hydrogen (secondary N) is 1. The molecule has 1 atom stereocenters. The van der Waals surface area contributed by atoms with Gasteiger partial charge in [0.1, 0.15) is 0 Å². The van der Waals surface area contributed by atoms with E-state index in [0.29, 0.717) is 12.0 Å². The Balaban J connectivity index is 1.66. The number of guanidine groups is 1. The average molecular weight is 300 g/mol. The van der Waals surface area contributed by atoms with Gasteiger partial charge < -0.3 is 16.0 Å². The molecule has 0 heterocycles. The first-order chi connectivity index (χ1) is 10.6. The van der Waals surface area contributed by atoms with Crippen molar-refractivity contribution in [2.75, 3.05) is 26.0 Å². The monoisotopic (exact) mass is 300 g/mol. The predicted octanol–water partition coefficient (Wildman–Crippen LogP) is 2.63. The quantitative estimate of drug-likeness (QED) is 0.649. The van der Waals surface area contributed by atoms with Crippen LogP contribution in [0.4, 0.5) is 5.69 Å². The zero-order valence-corrected chi connectivity index (χ0v) is 13.8. The van der Waals surface area contributed by atoms with Gasteiger partial charge in [-0.2, -0.15) is 0 Å². The lowest BCUT2D eigenvalue weighted by Gasteiger charge is -2.23. The van der Waals surface area contributed by atoms with Crippen LogP contribution in [-0.2, 0) is 12.8 Å². The number of rotatable bonds is 5. The number of anilines is 1. The molecule has 0 aliphatic heterocycles. The SMILES string of the molecule is CN(C)C(CN=C(N)Nc1cccc2c1CCCC2)C1CC1. The zero-order valence-electron chi connectivity index (χ0n) is 13.8. The van der Waals surface area contributed by atoms with Crippen molar-refractivity contribution in [3.05, 3.63) is 29.3 Å². The zero-order chi connectivity index (χ0) is 15.5. The van der Waals surface area contributed by atoms with Crippen LogP contribution < -0.4 is 11.1 Å². The molecule has 2 aliphatic carbocycles. The molecule has 4 nitrogen and oxygen atoms in total. The summed E-state index contributed by atoms with van der Waals surface area (Å²) < 4.78 is 0. The number of benzene rings is 1. The maximum Gasteiger partial charge on any atom is 0.193 e. The molecule has 4 heteroatoms. The minimum absolute atomic E-state index is 0.519. The van der Waals surface area contributed by atoms with Crippen LogP contribution >= 0.6 is 0 Å². The normalized spacial score (nSPS) is 19.9. The Morgan fingerprint density at radius 2 is 2.09 bits per heavy atom. The number of aryl methyl sites for hydroxylation is 1. The van der Waals surface area contributed by atoms with E-state index in [1.807, 2.05) is 0 Å². The lowest BCUT2D eigenvalue weighted by molar-refractivity contribution is 0.271. The van der Waals surface area contributed by atoms with Crippen LogP contribution in [0.25, 0.3) is 0 Å². The van der Waals surface area contributed by atoms with E-state index in [-0.39, 0.29) is 0 Å². The Kier molecular flexibility index (Phi) is 4.67. The average Bonchev–Trinajstić information content (AvgIpc) is 3.32. The first-order valence-electron chi connectivity index (χ1n) is 8.49. The van der Waals surface area contributed by atoms with Gasteiger partial charge in [-0.25, -0.2) is 0 Å². The van der Waals surface area contributed by atoms with E-state index >= 15 is 0 Å². The van der Waals surface area contributed by atoms with Crippen molar-refractivity contribution in [3.8, 4) is 0 Å². The topological polar surface area (TPSA) is 53.6 Å². The fourth-order valence-electron chi connectivity index (χ4n) is 3.48. The largest absolute Gasteiger partial charge is 0.370 e. The second-order valence-corrected chi connectivity index (χ2v) is 6.87. The summed E-state index contributed by atoms with van der Waals surface area (Å²) in [6.07, 6.45) is 7.56. The molecule has 1 fully saturated rings. The van der Waals surface area contributed by atoms with Crippen LogP contribution in [0.2, 0.25) is 0 Å². The van der Waals surface area contributed by atoms with Gasteiger partial charge in [-0.3, -0.25) is 4.99 Å². The van der Waals surface area contributed by atoms with Gasteiger partial charge >= 0.3 is 0 Å². The number of nitrogens with two attached hydrogens (primary N) is 1. The summed E-state index contributed by atoms with van der Waals surface area (Å²) in [7, 11) is 4.27. The highest BCUT2D eigenvalue weighted by molar-refractivity contribution is 5.93. The molecular formula is C18H28N4. The molecule has 0 radical (unpaired) electrons. The Bertz CT molecular complexity index is 544. The molecule has 0 aromatic heterocycles. The molecule has 1 aromatic rings. The summed E-state index contributed by atoms with van der Waals surface area (Å²) >= 11 is 0. The second-order valence-electron chi connectivity index (χ2n) is 6.87. The molecule has 3 N–H and O–H groups in total.